The lowest BCUT2D eigenvalue weighted by molar-refractivity contribution is 0.410. The first-order chi connectivity index (χ1) is 13.8. The molecule has 2 aromatic heterocycles. The quantitative estimate of drug-likeness (QED) is 0.456. The topological polar surface area (TPSA) is 47.0 Å². The van der Waals surface area contributed by atoms with Gasteiger partial charge in [-0.05, 0) is 24.1 Å². The average Bonchev–Trinajstić information content (AvgIpc) is 3.16. The maximum absolute atomic E-state index is 5.47. The van der Waals surface area contributed by atoms with E-state index in [-0.39, 0.29) is 0 Å². The molecule has 0 fully saturated rings. The summed E-state index contributed by atoms with van der Waals surface area (Å²) in [5, 5.41) is 4.61. The summed E-state index contributed by atoms with van der Waals surface area (Å²) < 4.78 is 5.47. The number of benzene rings is 2. The van der Waals surface area contributed by atoms with Gasteiger partial charge in [0.2, 0.25) is 0 Å². The summed E-state index contributed by atoms with van der Waals surface area (Å²) in [6.07, 6.45) is 1.72. The first kappa shape index (κ1) is 18.4. The standard InChI is InChI=1S/C23H23N3OS/c1-3-18-14-19-22(24-15-17-11-7-8-12-20(17)27-2)25-21(26-23(19)28-18)13-16-9-5-4-6-10-16/h4-12,14H,3,13,15H2,1-2H3,(H,24,25,26). The van der Waals surface area contributed by atoms with Gasteiger partial charge < -0.3 is 10.1 Å². The summed E-state index contributed by atoms with van der Waals surface area (Å²) in [5.41, 5.74) is 2.32. The van der Waals surface area contributed by atoms with Gasteiger partial charge in [-0.15, -0.1) is 11.3 Å². The van der Waals surface area contributed by atoms with Crippen molar-refractivity contribution < 1.29 is 4.74 Å². The monoisotopic (exact) mass is 389 g/mol. The minimum Gasteiger partial charge on any atom is -0.496 e. The molecule has 0 unspecified atom stereocenters. The third-order valence-corrected chi connectivity index (χ3v) is 5.86. The van der Waals surface area contributed by atoms with E-state index < -0.39 is 0 Å². The van der Waals surface area contributed by atoms with Gasteiger partial charge in [0, 0.05) is 23.4 Å². The highest BCUT2D eigenvalue weighted by atomic mass is 32.1. The van der Waals surface area contributed by atoms with Crippen LogP contribution in [0, 0.1) is 0 Å². The lowest BCUT2D eigenvalue weighted by Gasteiger charge is -2.11. The number of hydrogen-bond donors (Lipinski definition) is 1. The summed E-state index contributed by atoms with van der Waals surface area (Å²) in [5.74, 6) is 2.60. The molecule has 4 rings (SSSR count). The van der Waals surface area contributed by atoms with Gasteiger partial charge in [-0.2, -0.15) is 0 Å². The Hall–Kier alpha value is -2.92. The van der Waals surface area contributed by atoms with Crippen molar-refractivity contribution in [3.8, 4) is 5.75 Å². The highest BCUT2D eigenvalue weighted by molar-refractivity contribution is 7.18. The van der Waals surface area contributed by atoms with Crippen LogP contribution in [0.2, 0.25) is 0 Å². The van der Waals surface area contributed by atoms with Gasteiger partial charge in [-0.1, -0.05) is 55.5 Å². The zero-order valence-electron chi connectivity index (χ0n) is 16.1. The van der Waals surface area contributed by atoms with Crippen LogP contribution < -0.4 is 10.1 Å². The Labute approximate surface area is 169 Å². The van der Waals surface area contributed by atoms with Crippen LogP contribution in [0.1, 0.15) is 28.8 Å². The van der Waals surface area contributed by atoms with E-state index in [2.05, 4.69) is 48.6 Å². The van der Waals surface area contributed by atoms with E-state index in [9.17, 15) is 0 Å². The molecule has 0 bridgehead atoms. The van der Waals surface area contributed by atoms with E-state index in [0.29, 0.717) is 6.54 Å². The first-order valence-corrected chi connectivity index (χ1v) is 10.3. The van der Waals surface area contributed by atoms with Gasteiger partial charge in [-0.25, -0.2) is 9.97 Å². The van der Waals surface area contributed by atoms with E-state index >= 15 is 0 Å². The van der Waals surface area contributed by atoms with Gasteiger partial charge in [-0.3, -0.25) is 0 Å². The lowest BCUT2D eigenvalue weighted by Crippen LogP contribution is -2.06. The van der Waals surface area contributed by atoms with Crippen molar-refractivity contribution in [1.82, 2.24) is 9.97 Å². The molecule has 0 saturated heterocycles. The Morgan fingerprint density at radius 3 is 2.57 bits per heavy atom. The molecule has 5 heteroatoms. The second-order valence-corrected chi connectivity index (χ2v) is 7.72. The Morgan fingerprint density at radius 2 is 1.79 bits per heavy atom. The number of methoxy groups -OCH3 is 1. The van der Waals surface area contributed by atoms with Crippen molar-refractivity contribution >= 4 is 27.4 Å². The second-order valence-electron chi connectivity index (χ2n) is 6.60. The Kier molecular flexibility index (Phi) is 5.53. The van der Waals surface area contributed by atoms with Crippen LogP contribution in [0.4, 0.5) is 5.82 Å². The summed E-state index contributed by atoms with van der Waals surface area (Å²) >= 11 is 1.75. The SMILES string of the molecule is CCc1cc2c(NCc3ccccc3OC)nc(Cc3ccccc3)nc2s1. The highest BCUT2D eigenvalue weighted by Crippen LogP contribution is 2.30. The molecule has 0 saturated carbocycles. The molecule has 1 N–H and O–H groups in total. The lowest BCUT2D eigenvalue weighted by atomic mass is 10.1. The van der Waals surface area contributed by atoms with Crippen LogP contribution in [-0.2, 0) is 19.4 Å². The van der Waals surface area contributed by atoms with Crippen molar-refractivity contribution in [2.75, 3.05) is 12.4 Å². The number of fused-ring (bicyclic) bond motifs is 1. The molecule has 28 heavy (non-hydrogen) atoms. The van der Waals surface area contributed by atoms with Crippen LogP contribution >= 0.6 is 11.3 Å². The summed E-state index contributed by atoms with van der Waals surface area (Å²) in [4.78, 5) is 12.1. The smallest absolute Gasteiger partial charge is 0.138 e. The number of aryl methyl sites for hydroxylation is 1. The normalized spacial score (nSPS) is 10.9. The molecule has 0 amide bonds. The fraction of sp³-hybridized carbons (Fsp3) is 0.217. The number of hydrogen-bond acceptors (Lipinski definition) is 5. The van der Waals surface area contributed by atoms with Crippen molar-refractivity contribution in [2.24, 2.45) is 0 Å². The maximum atomic E-state index is 5.47. The molecule has 0 radical (unpaired) electrons. The van der Waals surface area contributed by atoms with Crippen molar-refractivity contribution in [1.29, 1.82) is 0 Å². The van der Waals surface area contributed by atoms with Gasteiger partial charge in [0.1, 0.15) is 22.2 Å². The van der Waals surface area contributed by atoms with Gasteiger partial charge in [0.05, 0.1) is 12.5 Å². The van der Waals surface area contributed by atoms with E-state index in [0.717, 1.165) is 46.0 Å². The van der Waals surface area contributed by atoms with E-state index in [1.54, 1.807) is 18.4 Å². The molecule has 0 spiro atoms. The number of rotatable bonds is 7. The Bertz CT molecular complexity index is 1080. The summed E-state index contributed by atoms with van der Waals surface area (Å²) in [6.45, 7) is 2.82. The number of ether oxygens (including phenoxy) is 1. The Balaban J connectivity index is 1.67. The fourth-order valence-electron chi connectivity index (χ4n) is 3.21. The van der Waals surface area contributed by atoms with Crippen molar-refractivity contribution in [3.63, 3.8) is 0 Å². The van der Waals surface area contributed by atoms with E-state index in [4.69, 9.17) is 14.7 Å². The summed E-state index contributed by atoms with van der Waals surface area (Å²) in [6, 6.07) is 20.6. The molecule has 4 nitrogen and oxygen atoms in total. The van der Waals surface area contributed by atoms with Gasteiger partial charge >= 0.3 is 0 Å². The minimum absolute atomic E-state index is 0.651. The van der Waals surface area contributed by atoms with Crippen molar-refractivity contribution in [3.05, 3.63) is 82.5 Å². The first-order valence-electron chi connectivity index (χ1n) is 9.46. The Morgan fingerprint density at radius 1 is 1.00 bits per heavy atom. The maximum Gasteiger partial charge on any atom is 0.138 e. The van der Waals surface area contributed by atoms with Crippen LogP contribution in [0.15, 0.2) is 60.7 Å². The zero-order chi connectivity index (χ0) is 19.3. The van der Waals surface area contributed by atoms with Crippen LogP contribution in [-0.4, -0.2) is 17.1 Å². The van der Waals surface area contributed by atoms with Crippen molar-refractivity contribution in [2.45, 2.75) is 26.3 Å². The number of aromatic nitrogens is 2. The van der Waals surface area contributed by atoms with Crippen LogP contribution in [0.5, 0.6) is 5.75 Å². The van der Waals surface area contributed by atoms with E-state index in [1.165, 1.54) is 10.4 Å². The van der Waals surface area contributed by atoms with E-state index in [1.807, 2.05) is 24.3 Å². The molecule has 4 aromatic rings. The molecule has 0 aliphatic carbocycles. The highest BCUT2D eigenvalue weighted by Gasteiger charge is 2.12. The van der Waals surface area contributed by atoms with Gasteiger partial charge in [0.15, 0.2) is 0 Å². The molecular formula is C23H23N3OS. The fourth-order valence-corrected chi connectivity index (χ4v) is 4.20. The number of para-hydroxylation sites is 1. The predicted molar refractivity (Wildman–Crippen MR) is 116 cm³/mol. The molecule has 142 valence electrons. The third-order valence-electron chi connectivity index (χ3n) is 4.68. The average molecular weight is 390 g/mol. The largest absolute Gasteiger partial charge is 0.496 e. The molecular weight excluding hydrogens is 366 g/mol. The summed E-state index contributed by atoms with van der Waals surface area (Å²) in [7, 11) is 1.70. The number of nitrogens with zero attached hydrogens (tertiary/aromatic N) is 2. The molecule has 0 aliphatic rings. The number of nitrogens with one attached hydrogen (secondary N) is 1. The molecule has 0 aliphatic heterocycles. The van der Waals surface area contributed by atoms with Crippen LogP contribution in [0.25, 0.3) is 10.2 Å². The number of anilines is 1. The molecule has 2 aromatic carbocycles. The number of thiophene rings is 1. The van der Waals surface area contributed by atoms with Gasteiger partial charge in [0.25, 0.3) is 0 Å². The third kappa shape index (κ3) is 3.99. The molecule has 2 heterocycles. The predicted octanol–water partition coefficient (Wildman–Crippen LogP) is 5.47. The molecule has 0 atom stereocenters. The second kappa shape index (κ2) is 8.40. The zero-order valence-corrected chi connectivity index (χ0v) is 16.9. The minimum atomic E-state index is 0.651. The van der Waals surface area contributed by atoms with Crippen LogP contribution in [0.3, 0.4) is 0 Å².